The molecule has 0 aliphatic heterocycles. The van der Waals surface area contributed by atoms with E-state index in [0.29, 0.717) is 26.8 Å². The second-order valence-electron chi connectivity index (χ2n) is 6.49. The molecular formula is C19H16Cl2N2O2S. The Hall–Kier alpha value is -1.69. The summed E-state index contributed by atoms with van der Waals surface area (Å²) in [5, 5.41) is 1.41. The van der Waals surface area contributed by atoms with Crippen LogP contribution in [0.1, 0.15) is 39.5 Å². The van der Waals surface area contributed by atoms with Crippen molar-refractivity contribution in [2.75, 3.05) is 0 Å². The van der Waals surface area contributed by atoms with Gasteiger partial charge in [0.25, 0.3) is 5.56 Å². The number of carbonyl (C=O) groups excluding carboxylic acids is 1. The number of benzene rings is 1. The summed E-state index contributed by atoms with van der Waals surface area (Å²) in [6, 6.07) is 4.74. The second kappa shape index (κ2) is 6.80. The Labute approximate surface area is 164 Å². The van der Waals surface area contributed by atoms with Crippen LogP contribution in [0.3, 0.4) is 0 Å². The van der Waals surface area contributed by atoms with Gasteiger partial charge in [0.15, 0.2) is 5.78 Å². The van der Waals surface area contributed by atoms with Gasteiger partial charge in [-0.05, 0) is 56.4 Å². The van der Waals surface area contributed by atoms with Crippen LogP contribution in [0.25, 0.3) is 10.2 Å². The van der Waals surface area contributed by atoms with Crippen LogP contribution in [0.15, 0.2) is 23.0 Å². The zero-order valence-corrected chi connectivity index (χ0v) is 16.5. The zero-order valence-electron chi connectivity index (χ0n) is 14.1. The molecule has 7 heteroatoms. The molecular weight excluding hydrogens is 391 g/mol. The van der Waals surface area contributed by atoms with Crippen LogP contribution < -0.4 is 5.56 Å². The van der Waals surface area contributed by atoms with Gasteiger partial charge in [0, 0.05) is 10.4 Å². The van der Waals surface area contributed by atoms with Crippen LogP contribution in [-0.2, 0) is 19.4 Å². The molecule has 0 bridgehead atoms. The Bertz CT molecular complexity index is 1100. The van der Waals surface area contributed by atoms with Crippen molar-refractivity contribution in [2.24, 2.45) is 0 Å². The Morgan fingerprint density at radius 2 is 2.00 bits per heavy atom. The number of nitrogens with zero attached hydrogens (tertiary/aromatic N) is 2. The minimum absolute atomic E-state index is 0.0593. The van der Waals surface area contributed by atoms with Crippen LogP contribution in [0.2, 0.25) is 10.0 Å². The number of hydrogen-bond acceptors (Lipinski definition) is 4. The van der Waals surface area contributed by atoms with E-state index < -0.39 is 0 Å². The molecule has 0 unspecified atom stereocenters. The molecule has 0 radical (unpaired) electrons. The van der Waals surface area contributed by atoms with E-state index in [4.69, 9.17) is 23.2 Å². The fourth-order valence-electron chi connectivity index (χ4n) is 3.43. The van der Waals surface area contributed by atoms with E-state index in [1.54, 1.807) is 30.4 Å². The molecule has 0 spiro atoms. The predicted octanol–water partition coefficient (Wildman–Crippen LogP) is 4.83. The number of Topliss-reactive ketones (excluding diaryl/α,β-unsaturated/α-hetero) is 1. The molecule has 0 atom stereocenters. The number of hydrogen-bond donors (Lipinski definition) is 0. The lowest BCUT2D eigenvalue weighted by Gasteiger charge is -2.12. The summed E-state index contributed by atoms with van der Waals surface area (Å²) in [6.45, 7) is 1.71. The SMILES string of the molecule is Cc1nc2sc3c(c2c(=O)n1CC(=O)c1ccc(Cl)c(Cl)c1)CCCC3. The first-order chi connectivity index (χ1) is 12.5. The Morgan fingerprint density at radius 1 is 1.23 bits per heavy atom. The summed E-state index contributed by atoms with van der Waals surface area (Å²) >= 11 is 13.5. The smallest absolute Gasteiger partial charge is 0.262 e. The highest BCUT2D eigenvalue weighted by Gasteiger charge is 2.22. The average Bonchev–Trinajstić information content (AvgIpc) is 2.98. The van der Waals surface area contributed by atoms with E-state index in [2.05, 4.69) is 4.98 Å². The lowest BCUT2D eigenvalue weighted by Crippen LogP contribution is -2.27. The van der Waals surface area contributed by atoms with Crippen molar-refractivity contribution in [3.8, 4) is 0 Å². The minimum Gasteiger partial charge on any atom is -0.292 e. The summed E-state index contributed by atoms with van der Waals surface area (Å²) in [7, 11) is 0. The highest BCUT2D eigenvalue weighted by molar-refractivity contribution is 7.18. The van der Waals surface area contributed by atoms with Gasteiger partial charge in [-0.2, -0.15) is 0 Å². The molecule has 1 aliphatic rings. The van der Waals surface area contributed by atoms with Crippen molar-refractivity contribution in [3.05, 3.63) is 60.4 Å². The fraction of sp³-hybridized carbons (Fsp3) is 0.316. The Kier molecular flexibility index (Phi) is 4.63. The van der Waals surface area contributed by atoms with Gasteiger partial charge in [-0.25, -0.2) is 4.98 Å². The van der Waals surface area contributed by atoms with Gasteiger partial charge >= 0.3 is 0 Å². The Morgan fingerprint density at radius 3 is 2.77 bits per heavy atom. The molecule has 4 rings (SSSR count). The molecule has 26 heavy (non-hydrogen) atoms. The molecule has 1 aliphatic carbocycles. The summed E-state index contributed by atoms with van der Waals surface area (Å²) in [4.78, 5) is 32.4. The average molecular weight is 407 g/mol. The van der Waals surface area contributed by atoms with Crippen molar-refractivity contribution in [2.45, 2.75) is 39.2 Å². The van der Waals surface area contributed by atoms with E-state index in [9.17, 15) is 9.59 Å². The third kappa shape index (κ3) is 2.98. The van der Waals surface area contributed by atoms with Crippen LogP contribution in [0.4, 0.5) is 0 Å². The van der Waals surface area contributed by atoms with Crippen molar-refractivity contribution in [3.63, 3.8) is 0 Å². The quantitative estimate of drug-likeness (QED) is 0.584. The molecule has 0 amide bonds. The summed E-state index contributed by atoms with van der Waals surface area (Å²) in [5.74, 6) is 0.355. The number of aryl methyl sites for hydroxylation is 3. The number of halogens is 2. The summed E-state index contributed by atoms with van der Waals surface area (Å²) in [5.41, 5.74) is 1.43. The van der Waals surface area contributed by atoms with E-state index in [1.165, 1.54) is 15.5 Å². The number of carbonyl (C=O) groups is 1. The molecule has 134 valence electrons. The lowest BCUT2D eigenvalue weighted by molar-refractivity contribution is 0.0969. The van der Waals surface area contributed by atoms with Gasteiger partial charge in [-0.1, -0.05) is 23.2 Å². The molecule has 4 nitrogen and oxygen atoms in total. The summed E-state index contributed by atoms with van der Waals surface area (Å²) in [6.07, 6.45) is 4.17. The van der Waals surface area contributed by atoms with Gasteiger partial charge in [0.05, 0.1) is 22.0 Å². The molecule has 0 saturated heterocycles. The maximum atomic E-state index is 13.1. The predicted molar refractivity (Wildman–Crippen MR) is 106 cm³/mol. The maximum absolute atomic E-state index is 13.1. The highest BCUT2D eigenvalue weighted by atomic mass is 35.5. The number of fused-ring (bicyclic) bond motifs is 3. The molecule has 3 aromatic rings. The topological polar surface area (TPSA) is 52.0 Å². The number of rotatable bonds is 3. The normalized spacial score (nSPS) is 13.8. The Balaban J connectivity index is 1.77. The van der Waals surface area contributed by atoms with E-state index in [-0.39, 0.29) is 17.9 Å². The second-order valence-corrected chi connectivity index (χ2v) is 8.39. The third-order valence-corrected chi connectivity index (χ3v) is 6.73. The monoisotopic (exact) mass is 406 g/mol. The van der Waals surface area contributed by atoms with Crippen LogP contribution in [-0.4, -0.2) is 15.3 Å². The zero-order chi connectivity index (χ0) is 18.4. The fourth-order valence-corrected chi connectivity index (χ4v) is 5.03. The van der Waals surface area contributed by atoms with Gasteiger partial charge in [-0.3, -0.25) is 14.2 Å². The standard InChI is InChI=1S/C19H16Cl2N2O2S/c1-10-22-18-17(12-4-2-3-5-16(12)26-18)19(25)23(10)9-15(24)11-6-7-13(20)14(21)8-11/h6-8H,2-5,9H2,1H3. The molecule has 2 heterocycles. The number of aromatic nitrogens is 2. The first kappa shape index (κ1) is 17.7. The van der Waals surface area contributed by atoms with Gasteiger partial charge in [0.2, 0.25) is 0 Å². The largest absolute Gasteiger partial charge is 0.292 e. The highest BCUT2D eigenvalue weighted by Crippen LogP contribution is 2.33. The van der Waals surface area contributed by atoms with Gasteiger partial charge < -0.3 is 0 Å². The molecule has 0 saturated carbocycles. The van der Waals surface area contributed by atoms with Crippen molar-refractivity contribution in [1.82, 2.24) is 9.55 Å². The van der Waals surface area contributed by atoms with Crippen LogP contribution in [0, 0.1) is 6.92 Å². The molecule has 0 N–H and O–H groups in total. The van der Waals surface area contributed by atoms with Crippen molar-refractivity contribution < 1.29 is 4.79 Å². The maximum Gasteiger partial charge on any atom is 0.262 e. The first-order valence-electron chi connectivity index (χ1n) is 8.45. The van der Waals surface area contributed by atoms with E-state index in [1.807, 2.05) is 0 Å². The number of thiophene rings is 1. The minimum atomic E-state index is -0.195. The van der Waals surface area contributed by atoms with E-state index in [0.717, 1.165) is 36.1 Å². The van der Waals surface area contributed by atoms with Crippen molar-refractivity contribution in [1.29, 1.82) is 0 Å². The molecule has 2 aromatic heterocycles. The van der Waals surface area contributed by atoms with Gasteiger partial charge in [0.1, 0.15) is 10.7 Å². The summed E-state index contributed by atoms with van der Waals surface area (Å²) < 4.78 is 1.47. The van der Waals surface area contributed by atoms with Crippen LogP contribution in [0.5, 0.6) is 0 Å². The molecule has 0 fully saturated rings. The van der Waals surface area contributed by atoms with E-state index >= 15 is 0 Å². The first-order valence-corrected chi connectivity index (χ1v) is 10.0. The van der Waals surface area contributed by atoms with Crippen molar-refractivity contribution >= 4 is 50.5 Å². The van der Waals surface area contributed by atoms with Gasteiger partial charge in [-0.15, -0.1) is 11.3 Å². The van der Waals surface area contributed by atoms with Crippen LogP contribution >= 0.6 is 34.5 Å². The third-order valence-electron chi connectivity index (χ3n) is 4.81. The molecule has 1 aromatic carbocycles. The number of ketones is 1. The lowest BCUT2D eigenvalue weighted by atomic mass is 9.97.